The Balaban J connectivity index is 4.25. The number of carbonyl (C=O) groups excluding carboxylic acids is 1. The van der Waals surface area contributed by atoms with Gasteiger partial charge in [0.05, 0.1) is 6.04 Å². The lowest BCUT2D eigenvalue weighted by molar-refractivity contribution is -0.113. The highest BCUT2D eigenvalue weighted by atomic mass is 32.1. The number of hydrogen-bond donors (Lipinski definition) is 1. The molecule has 66 valence electrons. The lowest BCUT2D eigenvalue weighted by atomic mass is 10.4. The standard InChI is InChI=1S/C7H17NOSSi/c1-6(7(9)10)8(2)11(3,4)5/h6H,1-5H3,(H,9,10). The lowest BCUT2D eigenvalue weighted by Crippen LogP contribution is -2.50. The number of nitrogens with zero attached hydrogens (tertiary/aromatic N) is 1. The SMILES string of the molecule is CC(C(=O)S)N(C)[Si](C)(C)C. The molecule has 0 aliphatic heterocycles. The lowest BCUT2D eigenvalue weighted by Gasteiger charge is -2.33. The van der Waals surface area contributed by atoms with Gasteiger partial charge in [0, 0.05) is 0 Å². The fourth-order valence-corrected chi connectivity index (χ4v) is 2.31. The van der Waals surface area contributed by atoms with Crippen molar-refractivity contribution in [1.82, 2.24) is 4.57 Å². The van der Waals surface area contributed by atoms with Gasteiger partial charge in [-0.2, -0.15) is 0 Å². The van der Waals surface area contributed by atoms with Crippen LogP contribution >= 0.6 is 12.6 Å². The molecule has 0 aromatic carbocycles. The Morgan fingerprint density at radius 1 is 1.45 bits per heavy atom. The summed E-state index contributed by atoms with van der Waals surface area (Å²) in [4.78, 5) is 10.9. The number of likely N-dealkylation sites (N-methyl/N-ethyl adjacent to an activating group) is 1. The molecular formula is C7H17NOSSi. The molecule has 0 spiro atoms. The molecule has 0 saturated heterocycles. The third kappa shape index (κ3) is 3.40. The Bertz CT molecular complexity index is 155. The molecule has 1 atom stereocenters. The first-order valence-electron chi connectivity index (χ1n) is 3.72. The summed E-state index contributed by atoms with van der Waals surface area (Å²) in [5.41, 5.74) is 0. The first-order valence-corrected chi connectivity index (χ1v) is 7.62. The maximum absolute atomic E-state index is 10.9. The van der Waals surface area contributed by atoms with Crippen molar-refractivity contribution in [3.05, 3.63) is 0 Å². The maximum atomic E-state index is 10.9. The molecule has 0 rings (SSSR count). The van der Waals surface area contributed by atoms with E-state index < -0.39 is 8.24 Å². The number of carbonyl (C=O) groups is 1. The summed E-state index contributed by atoms with van der Waals surface area (Å²) in [5.74, 6) is 0. The van der Waals surface area contributed by atoms with Crippen LogP contribution in [0.5, 0.6) is 0 Å². The van der Waals surface area contributed by atoms with E-state index in [1.165, 1.54) is 0 Å². The number of hydrogen-bond acceptors (Lipinski definition) is 2. The normalized spacial score (nSPS) is 15.2. The highest BCUT2D eigenvalue weighted by Gasteiger charge is 2.26. The molecule has 4 heteroatoms. The summed E-state index contributed by atoms with van der Waals surface area (Å²) in [6.45, 7) is 8.52. The van der Waals surface area contributed by atoms with Crippen molar-refractivity contribution in [3.63, 3.8) is 0 Å². The summed E-state index contributed by atoms with van der Waals surface area (Å²) in [7, 11) is 0.668. The molecule has 0 aliphatic rings. The second-order valence-corrected chi connectivity index (χ2v) is 9.28. The van der Waals surface area contributed by atoms with Crippen LogP contribution in [0.1, 0.15) is 6.92 Å². The van der Waals surface area contributed by atoms with E-state index in [-0.39, 0.29) is 11.2 Å². The van der Waals surface area contributed by atoms with Crippen LogP contribution in [-0.2, 0) is 4.79 Å². The zero-order valence-electron chi connectivity index (χ0n) is 7.88. The van der Waals surface area contributed by atoms with E-state index in [0.717, 1.165) is 0 Å². The van der Waals surface area contributed by atoms with Crippen LogP contribution in [0, 0.1) is 0 Å². The highest BCUT2D eigenvalue weighted by Crippen LogP contribution is 2.11. The second-order valence-electron chi connectivity index (χ2n) is 3.80. The van der Waals surface area contributed by atoms with E-state index in [1.54, 1.807) is 0 Å². The first-order chi connectivity index (χ1) is 4.76. The fraction of sp³-hybridized carbons (Fsp3) is 0.857. The Morgan fingerprint density at radius 2 is 1.82 bits per heavy atom. The van der Waals surface area contributed by atoms with Gasteiger partial charge in [-0.15, -0.1) is 12.6 Å². The van der Waals surface area contributed by atoms with Gasteiger partial charge < -0.3 is 4.57 Å². The van der Waals surface area contributed by atoms with Gasteiger partial charge in [-0.05, 0) is 14.0 Å². The molecule has 0 heterocycles. The summed E-state index contributed by atoms with van der Waals surface area (Å²) in [6, 6.07) is -0.0509. The van der Waals surface area contributed by atoms with E-state index in [1.807, 2.05) is 14.0 Å². The van der Waals surface area contributed by atoms with Gasteiger partial charge in [-0.3, -0.25) is 4.79 Å². The third-order valence-electron chi connectivity index (χ3n) is 2.00. The van der Waals surface area contributed by atoms with Crippen LogP contribution in [0.15, 0.2) is 0 Å². The van der Waals surface area contributed by atoms with E-state index in [2.05, 4.69) is 36.8 Å². The fourth-order valence-electron chi connectivity index (χ4n) is 0.747. The molecule has 0 N–H and O–H groups in total. The van der Waals surface area contributed by atoms with Crippen LogP contribution in [0.2, 0.25) is 19.6 Å². The van der Waals surface area contributed by atoms with Crippen molar-refractivity contribution < 1.29 is 4.79 Å². The van der Waals surface area contributed by atoms with Crippen LogP contribution < -0.4 is 0 Å². The molecule has 11 heavy (non-hydrogen) atoms. The van der Waals surface area contributed by atoms with E-state index in [0.29, 0.717) is 0 Å². The Labute approximate surface area is 75.5 Å². The summed E-state index contributed by atoms with van der Waals surface area (Å²) in [5, 5.41) is -0.0464. The van der Waals surface area contributed by atoms with Gasteiger partial charge in [-0.25, -0.2) is 0 Å². The average Bonchev–Trinajstić information content (AvgIpc) is 1.82. The summed E-state index contributed by atoms with van der Waals surface area (Å²) in [6.07, 6.45) is 0. The second kappa shape index (κ2) is 3.73. The summed E-state index contributed by atoms with van der Waals surface area (Å²) < 4.78 is 2.14. The molecule has 0 amide bonds. The van der Waals surface area contributed by atoms with Crippen molar-refractivity contribution in [2.75, 3.05) is 7.05 Å². The van der Waals surface area contributed by atoms with E-state index in [4.69, 9.17) is 0 Å². The summed E-state index contributed by atoms with van der Waals surface area (Å²) >= 11 is 3.81. The minimum Gasteiger partial charge on any atom is -0.317 e. The van der Waals surface area contributed by atoms with E-state index in [9.17, 15) is 4.79 Å². The Morgan fingerprint density at radius 3 is 1.91 bits per heavy atom. The van der Waals surface area contributed by atoms with E-state index >= 15 is 0 Å². The number of thiol groups is 1. The van der Waals surface area contributed by atoms with Gasteiger partial charge >= 0.3 is 0 Å². The van der Waals surface area contributed by atoms with Crippen LogP contribution in [0.3, 0.4) is 0 Å². The van der Waals surface area contributed by atoms with Crippen molar-refractivity contribution in [1.29, 1.82) is 0 Å². The molecule has 0 aliphatic carbocycles. The minimum atomic E-state index is -1.32. The average molecular weight is 191 g/mol. The molecule has 0 saturated carbocycles. The van der Waals surface area contributed by atoms with Gasteiger partial charge in [-0.1, -0.05) is 19.6 Å². The molecule has 2 nitrogen and oxygen atoms in total. The predicted molar refractivity (Wildman–Crippen MR) is 54.6 cm³/mol. The maximum Gasteiger partial charge on any atom is 0.202 e. The van der Waals surface area contributed by atoms with Crippen LogP contribution in [0.25, 0.3) is 0 Å². The topological polar surface area (TPSA) is 20.3 Å². The van der Waals surface area contributed by atoms with Gasteiger partial charge in [0.1, 0.15) is 8.24 Å². The largest absolute Gasteiger partial charge is 0.317 e. The molecule has 0 aromatic heterocycles. The van der Waals surface area contributed by atoms with Gasteiger partial charge in [0.25, 0.3) is 0 Å². The molecule has 0 radical (unpaired) electrons. The highest BCUT2D eigenvalue weighted by molar-refractivity contribution is 7.96. The Kier molecular flexibility index (Phi) is 3.80. The first kappa shape index (κ1) is 11.2. The molecule has 1 unspecified atom stereocenters. The molecule has 0 bridgehead atoms. The molecular weight excluding hydrogens is 174 g/mol. The molecule has 0 aromatic rings. The minimum absolute atomic E-state index is 0.0464. The Hall–Kier alpha value is 0.197. The van der Waals surface area contributed by atoms with Crippen LogP contribution in [-0.4, -0.2) is 31.0 Å². The zero-order chi connectivity index (χ0) is 9.23. The predicted octanol–water partition coefficient (Wildman–Crippen LogP) is 1.60. The van der Waals surface area contributed by atoms with Crippen LogP contribution in [0.4, 0.5) is 0 Å². The van der Waals surface area contributed by atoms with Crippen molar-refractivity contribution in [2.45, 2.75) is 32.6 Å². The molecule has 0 fully saturated rings. The number of rotatable bonds is 3. The zero-order valence-corrected chi connectivity index (χ0v) is 9.77. The van der Waals surface area contributed by atoms with Crippen molar-refractivity contribution in [2.24, 2.45) is 0 Å². The van der Waals surface area contributed by atoms with Gasteiger partial charge in [0.15, 0.2) is 0 Å². The smallest absolute Gasteiger partial charge is 0.202 e. The quantitative estimate of drug-likeness (QED) is 0.540. The monoisotopic (exact) mass is 191 g/mol. The van der Waals surface area contributed by atoms with Crippen molar-refractivity contribution in [3.8, 4) is 0 Å². The third-order valence-corrected chi connectivity index (χ3v) is 4.87. The van der Waals surface area contributed by atoms with Crippen molar-refractivity contribution >= 4 is 26.0 Å². The van der Waals surface area contributed by atoms with Gasteiger partial charge in [0.2, 0.25) is 5.12 Å².